The van der Waals surface area contributed by atoms with Crippen molar-refractivity contribution in [2.45, 2.75) is 19.9 Å². The van der Waals surface area contributed by atoms with E-state index in [2.05, 4.69) is 15.3 Å². The molecular formula is C13H13F2N3O. The van der Waals surface area contributed by atoms with Gasteiger partial charge in [-0.05, 0) is 26.0 Å². The molecule has 1 amide bonds. The Bertz CT molecular complexity index is 589. The van der Waals surface area contributed by atoms with Gasteiger partial charge in [0.05, 0.1) is 6.04 Å². The zero-order valence-electron chi connectivity index (χ0n) is 10.5. The lowest BCUT2D eigenvalue weighted by molar-refractivity contribution is 0.0930. The number of nitrogens with one attached hydrogen (secondary N) is 2. The third-order valence-corrected chi connectivity index (χ3v) is 2.67. The fourth-order valence-corrected chi connectivity index (χ4v) is 1.70. The molecule has 0 fully saturated rings. The van der Waals surface area contributed by atoms with E-state index in [-0.39, 0.29) is 0 Å². The first-order valence-electron chi connectivity index (χ1n) is 5.75. The molecular weight excluding hydrogens is 252 g/mol. The first kappa shape index (κ1) is 13.2. The van der Waals surface area contributed by atoms with Crippen molar-refractivity contribution in [1.29, 1.82) is 0 Å². The van der Waals surface area contributed by atoms with Crippen molar-refractivity contribution in [3.63, 3.8) is 0 Å². The Morgan fingerprint density at radius 3 is 2.53 bits per heavy atom. The van der Waals surface area contributed by atoms with Crippen LogP contribution in [0, 0.1) is 18.6 Å². The molecule has 0 aliphatic heterocycles. The molecule has 1 atom stereocenters. The third-order valence-electron chi connectivity index (χ3n) is 2.67. The number of rotatable bonds is 3. The van der Waals surface area contributed by atoms with Crippen molar-refractivity contribution in [3.8, 4) is 0 Å². The number of aryl methyl sites for hydroxylation is 1. The third kappa shape index (κ3) is 2.78. The first-order valence-corrected chi connectivity index (χ1v) is 5.75. The molecule has 6 heteroatoms. The predicted octanol–water partition coefficient (Wildman–Crippen LogP) is 2.49. The van der Waals surface area contributed by atoms with Crippen molar-refractivity contribution in [3.05, 3.63) is 53.1 Å². The summed E-state index contributed by atoms with van der Waals surface area (Å²) in [6, 6.07) is 2.82. The molecule has 1 aromatic carbocycles. The van der Waals surface area contributed by atoms with Crippen molar-refractivity contribution < 1.29 is 13.6 Å². The lowest BCUT2D eigenvalue weighted by atomic mass is 10.1. The number of hydrogen-bond donors (Lipinski definition) is 2. The maximum absolute atomic E-state index is 13.4. The van der Waals surface area contributed by atoms with Gasteiger partial charge in [0.25, 0.3) is 5.91 Å². The molecule has 4 nitrogen and oxygen atoms in total. The summed E-state index contributed by atoms with van der Waals surface area (Å²) in [6.45, 7) is 3.50. The topological polar surface area (TPSA) is 57.8 Å². The summed E-state index contributed by atoms with van der Waals surface area (Å²) in [5.41, 5.74) is 0.255. The van der Waals surface area contributed by atoms with Gasteiger partial charge in [-0.15, -0.1) is 0 Å². The van der Waals surface area contributed by atoms with E-state index < -0.39 is 29.1 Å². The second-order valence-electron chi connectivity index (χ2n) is 4.24. The number of benzene rings is 1. The molecule has 0 aliphatic carbocycles. The molecule has 1 heterocycles. The van der Waals surface area contributed by atoms with Crippen LogP contribution in [0.4, 0.5) is 8.78 Å². The minimum absolute atomic E-state index is 0.472. The number of halogens is 2. The smallest absolute Gasteiger partial charge is 0.257 e. The molecule has 19 heavy (non-hydrogen) atoms. The zero-order chi connectivity index (χ0) is 14.0. The highest BCUT2D eigenvalue weighted by atomic mass is 19.1. The van der Waals surface area contributed by atoms with E-state index in [0.717, 1.165) is 17.8 Å². The van der Waals surface area contributed by atoms with Crippen molar-refractivity contribution in [2.24, 2.45) is 0 Å². The Balaban J connectivity index is 2.17. The number of aromatic nitrogens is 2. The molecule has 0 saturated carbocycles. The molecule has 2 N–H and O–H groups in total. The van der Waals surface area contributed by atoms with Gasteiger partial charge >= 0.3 is 0 Å². The monoisotopic (exact) mass is 265 g/mol. The van der Waals surface area contributed by atoms with Crippen LogP contribution in [0.5, 0.6) is 0 Å². The van der Waals surface area contributed by atoms with Gasteiger partial charge in [-0.3, -0.25) is 4.79 Å². The average molecular weight is 265 g/mol. The van der Waals surface area contributed by atoms with Crippen LogP contribution < -0.4 is 5.32 Å². The summed E-state index contributed by atoms with van der Waals surface area (Å²) in [7, 11) is 0. The number of carbonyl (C=O) groups excluding carboxylic acids is 1. The molecule has 0 saturated heterocycles. The number of amides is 1. The number of imidazole rings is 1. The summed E-state index contributed by atoms with van der Waals surface area (Å²) < 4.78 is 26.9. The lowest BCUT2D eigenvalue weighted by Gasteiger charge is -2.12. The lowest BCUT2D eigenvalue weighted by Crippen LogP contribution is -2.29. The summed E-state index contributed by atoms with van der Waals surface area (Å²) in [5, 5.41) is 2.49. The summed E-state index contributed by atoms with van der Waals surface area (Å²) in [5.74, 6) is -2.06. The number of hydrogen-bond acceptors (Lipinski definition) is 2. The molecule has 1 unspecified atom stereocenters. The molecule has 1 aromatic heterocycles. The molecule has 0 bridgehead atoms. The highest BCUT2D eigenvalue weighted by Gasteiger charge is 2.20. The summed E-state index contributed by atoms with van der Waals surface area (Å²) >= 11 is 0. The van der Waals surface area contributed by atoms with Gasteiger partial charge in [0.15, 0.2) is 0 Å². The first-order chi connectivity index (χ1) is 8.99. The largest absolute Gasteiger partial charge is 0.344 e. The SMILES string of the molecule is Cc1cnc(C(C)NC(=O)c2c(F)cccc2F)[nH]1. The highest BCUT2D eigenvalue weighted by Crippen LogP contribution is 2.14. The van der Waals surface area contributed by atoms with E-state index in [1.54, 1.807) is 13.1 Å². The number of carbonyl (C=O) groups is 1. The predicted molar refractivity (Wildman–Crippen MR) is 65.6 cm³/mol. The second kappa shape index (κ2) is 5.17. The van der Waals surface area contributed by atoms with Crippen LogP contribution in [0.2, 0.25) is 0 Å². The molecule has 0 radical (unpaired) electrons. The number of nitrogens with zero attached hydrogens (tertiary/aromatic N) is 1. The van der Waals surface area contributed by atoms with Crippen LogP contribution in [0.15, 0.2) is 24.4 Å². The summed E-state index contributed by atoms with van der Waals surface area (Å²) in [6.07, 6.45) is 1.61. The maximum atomic E-state index is 13.4. The molecule has 0 aliphatic rings. The second-order valence-corrected chi connectivity index (χ2v) is 4.24. The quantitative estimate of drug-likeness (QED) is 0.895. The normalized spacial score (nSPS) is 12.2. The minimum Gasteiger partial charge on any atom is -0.344 e. The van der Waals surface area contributed by atoms with E-state index in [1.165, 1.54) is 6.07 Å². The van der Waals surface area contributed by atoms with Gasteiger partial charge in [-0.2, -0.15) is 0 Å². The molecule has 2 aromatic rings. The molecule has 0 spiro atoms. The van der Waals surface area contributed by atoms with E-state index in [9.17, 15) is 13.6 Å². The van der Waals surface area contributed by atoms with Gasteiger partial charge in [0.2, 0.25) is 0 Å². The van der Waals surface area contributed by atoms with Crippen LogP contribution >= 0.6 is 0 Å². The van der Waals surface area contributed by atoms with Gasteiger partial charge < -0.3 is 10.3 Å². The van der Waals surface area contributed by atoms with Crippen molar-refractivity contribution in [2.75, 3.05) is 0 Å². The van der Waals surface area contributed by atoms with E-state index in [1.807, 2.05) is 6.92 Å². The highest BCUT2D eigenvalue weighted by molar-refractivity contribution is 5.94. The minimum atomic E-state index is -0.889. The van der Waals surface area contributed by atoms with Crippen LogP contribution in [-0.4, -0.2) is 15.9 Å². The van der Waals surface area contributed by atoms with Crippen LogP contribution in [0.3, 0.4) is 0 Å². The zero-order valence-corrected chi connectivity index (χ0v) is 10.5. The van der Waals surface area contributed by atoms with Gasteiger partial charge in [-0.1, -0.05) is 6.07 Å². The standard InChI is InChI=1S/C13H13F2N3O/c1-7-6-16-12(17-7)8(2)18-13(19)11-9(14)4-3-5-10(11)15/h3-6,8H,1-2H3,(H,16,17)(H,18,19). The maximum Gasteiger partial charge on any atom is 0.257 e. The van der Waals surface area contributed by atoms with Gasteiger partial charge in [-0.25, -0.2) is 13.8 Å². The van der Waals surface area contributed by atoms with Crippen molar-refractivity contribution in [1.82, 2.24) is 15.3 Å². The van der Waals surface area contributed by atoms with E-state index in [4.69, 9.17) is 0 Å². The average Bonchev–Trinajstić information content (AvgIpc) is 2.75. The van der Waals surface area contributed by atoms with Crippen LogP contribution in [0.25, 0.3) is 0 Å². The Labute approximate surface area is 108 Å². The molecule has 2 rings (SSSR count). The van der Waals surface area contributed by atoms with Gasteiger partial charge in [0, 0.05) is 11.9 Å². The van der Waals surface area contributed by atoms with Gasteiger partial charge in [0.1, 0.15) is 23.0 Å². The Hall–Kier alpha value is -2.24. The summed E-state index contributed by atoms with van der Waals surface area (Å²) in [4.78, 5) is 18.8. The fourth-order valence-electron chi connectivity index (χ4n) is 1.70. The Kier molecular flexibility index (Phi) is 3.59. The number of H-pyrrole nitrogens is 1. The Morgan fingerprint density at radius 1 is 1.37 bits per heavy atom. The van der Waals surface area contributed by atoms with Crippen molar-refractivity contribution >= 4 is 5.91 Å². The molecule has 100 valence electrons. The van der Waals surface area contributed by atoms with E-state index >= 15 is 0 Å². The fraction of sp³-hybridized carbons (Fsp3) is 0.231. The Morgan fingerprint density at radius 2 is 2.00 bits per heavy atom. The van der Waals surface area contributed by atoms with Crippen LogP contribution in [-0.2, 0) is 0 Å². The van der Waals surface area contributed by atoms with E-state index in [0.29, 0.717) is 5.82 Å². The van der Waals surface area contributed by atoms with Crippen LogP contribution in [0.1, 0.15) is 34.8 Å². The number of aromatic amines is 1.